The molecule has 0 bridgehead atoms. The second-order valence-electron chi connectivity index (χ2n) is 5.97. The highest BCUT2D eigenvalue weighted by atomic mass is 35.5. The molecule has 3 amide bonds. The standard InChI is InChI=1S/C19H18ClN5O2/c1-11-17(20)12(2)25(24-11)16-8-6-13(7-9-16)18(26)22-14-4-3-5-15(10-14)23-19(21)27/h3-10H,1-2H3,(H,22,26)(H3,21,23,27). The number of nitrogens with two attached hydrogens (primary N) is 1. The first-order valence-corrected chi connectivity index (χ1v) is 8.53. The van der Waals surface area contributed by atoms with Crippen molar-refractivity contribution in [3.8, 4) is 5.69 Å². The summed E-state index contributed by atoms with van der Waals surface area (Å²) in [6, 6.07) is 13.1. The number of anilines is 2. The van der Waals surface area contributed by atoms with Gasteiger partial charge in [0.05, 0.1) is 22.1 Å². The van der Waals surface area contributed by atoms with Gasteiger partial charge < -0.3 is 16.4 Å². The molecule has 0 saturated carbocycles. The molecule has 8 heteroatoms. The molecule has 0 saturated heterocycles. The molecule has 2 aromatic carbocycles. The van der Waals surface area contributed by atoms with Gasteiger partial charge in [-0.25, -0.2) is 9.48 Å². The molecule has 1 heterocycles. The van der Waals surface area contributed by atoms with Crippen molar-refractivity contribution in [2.75, 3.05) is 10.6 Å². The van der Waals surface area contributed by atoms with Gasteiger partial charge in [-0.05, 0) is 56.3 Å². The zero-order valence-corrected chi connectivity index (χ0v) is 15.5. The molecule has 0 fully saturated rings. The number of carbonyl (C=O) groups excluding carboxylic acids is 2. The molecular formula is C19H18ClN5O2. The van der Waals surface area contributed by atoms with Crippen LogP contribution < -0.4 is 16.4 Å². The third-order valence-electron chi connectivity index (χ3n) is 3.97. The summed E-state index contributed by atoms with van der Waals surface area (Å²) in [7, 11) is 0. The Kier molecular flexibility index (Phi) is 5.14. The van der Waals surface area contributed by atoms with Crippen molar-refractivity contribution in [3.05, 3.63) is 70.5 Å². The summed E-state index contributed by atoms with van der Waals surface area (Å²) < 4.78 is 1.73. The molecule has 3 rings (SSSR count). The molecule has 1 aromatic heterocycles. The summed E-state index contributed by atoms with van der Waals surface area (Å²) in [4.78, 5) is 23.4. The van der Waals surface area contributed by atoms with Crippen molar-refractivity contribution in [2.24, 2.45) is 5.73 Å². The van der Waals surface area contributed by atoms with E-state index < -0.39 is 6.03 Å². The molecule has 0 aliphatic heterocycles. The van der Waals surface area contributed by atoms with Gasteiger partial charge in [0.1, 0.15) is 0 Å². The van der Waals surface area contributed by atoms with Gasteiger partial charge in [0, 0.05) is 16.9 Å². The highest BCUT2D eigenvalue weighted by Gasteiger charge is 2.12. The molecule has 27 heavy (non-hydrogen) atoms. The van der Waals surface area contributed by atoms with Gasteiger partial charge in [-0.15, -0.1) is 0 Å². The number of amides is 3. The van der Waals surface area contributed by atoms with Crippen molar-refractivity contribution in [1.29, 1.82) is 0 Å². The molecule has 4 N–H and O–H groups in total. The van der Waals surface area contributed by atoms with Crippen LogP contribution in [-0.2, 0) is 0 Å². The lowest BCUT2D eigenvalue weighted by Crippen LogP contribution is -2.19. The van der Waals surface area contributed by atoms with Crippen molar-refractivity contribution < 1.29 is 9.59 Å². The average Bonchev–Trinajstić information content (AvgIpc) is 2.89. The van der Waals surface area contributed by atoms with Crippen LogP contribution in [0.5, 0.6) is 0 Å². The zero-order chi connectivity index (χ0) is 19.6. The topological polar surface area (TPSA) is 102 Å². The Morgan fingerprint density at radius 2 is 1.67 bits per heavy atom. The van der Waals surface area contributed by atoms with Gasteiger partial charge in [0.2, 0.25) is 0 Å². The normalized spacial score (nSPS) is 10.5. The first kappa shape index (κ1) is 18.5. The van der Waals surface area contributed by atoms with E-state index in [1.807, 2.05) is 13.8 Å². The molecule has 0 unspecified atom stereocenters. The van der Waals surface area contributed by atoms with E-state index in [1.165, 1.54) is 0 Å². The van der Waals surface area contributed by atoms with Crippen LogP contribution in [0.3, 0.4) is 0 Å². The van der Waals surface area contributed by atoms with Gasteiger partial charge >= 0.3 is 6.03 Å². The number of benzene rings is 2. The van der Waals surface area contributed by atoms with Crippen LogP contribution in [0, 0.1) is 13.8 Å². The molecule has 0 aliphatic rings. The monoisotopic (exact) mass is 383 g/mol. The zero-order valence-electron chi connectivity index (χ0n) is 14.8. The van der Waals surface area contributed by atoms with E-state index in [0.717, 1.165) is 17.1 Å². The van der Waals surface area contributed by atoms with Crippen molar-refractivity contribution in [1.82, 2.24) is 9.78 Å². The summed E-state index contributed by atoms with van der Waals surface area (Å²) in [5.74, 6) is -0.274. The lowest BCUT2D eigenvalue weighted by Gasteiger charge is -2.09. The number of rotatable bonds is 4. The fraction of sp³-hybridized carbons (Fsp3) is 0.105. The number of urea groups is 1. The minimum Gasteiger partial charge on any atom is -0.351 e. The molecule has 7 nitrogen and oxygen atoms in total. The van der Waals surface area contributed by atoms with Crippen LogP contribution >= 0.6 is 11.6 Å². The van der Waals surface area contributed by atoms with Crippen molar-refractivity contribution >= 4 is 34.9 Å². The van der Waals surface area contributed by atoms with E-state index in [0.29, 0.717) is 22.0 Å². The number of halogens is 1. The Hall–Kier alpha value is -3.32. The number of hydrogen-bond donors (Lipinski definition) is 3. The van der Waals surface area contributed by atoms with E-state index >= 15 is 0 Å². The maximum Gasteiger partial charge on any atom is 0.316 e. The molecule has 3 aromatic rings. The van der Waals surface area contributed by atoms with E-state index in [1.54, 1.807) is 53.2 Å². The fourth-order valence-corrected chi connectivity index (χ4v) is 2.77. The number of aromatic nitrogens is 2. The third-order valence-corrected chi connectivity index (χ3v) is 4.51. The van der Waals surface area contributed by atoms with Crippen LogP contribution in [0.2, 0.25) is 5.02 Å². The summed E-state index contributed by atoms with van der Waals surface area (Å²) in [5, 5.41) is 10.3. The highest BCUT2D eigenvalue weighted by molar-refractivity contribution is 6.31. The van der Waals surface area contributed by atoms with E-state index in [9.17, 15) is 9.59 Å². The Labute approximate surface area is 161 Å². The SMILES string of the molecule is Cc1nn(-c2ccc(C(=O)Nc3cccc(NC(N)=O)c3)cc2)c(C)c1Cl. The largest absolute Gasteiger partial charge is 0.351 e. The van der Waals surface area contributed by atoms with Crippen LogP contribution in [0.15, 0.2) is 48.5 Å². The number of carbonyl (C=O) groups is 2. The maximum absolute atomic E-state index is 12.5. The van der Waals surface area contributed by atoms with Gasteiger partial charge in [0.25, 0.3) is 5.91 Å². The second kappa shape index (κ2) is 7.51. The Balaban J connectivity index is 1.76. The first-order chi connectivity index (χ1) is 12.8. The van der Waals surface area contributed by atoms with E-state index in [4.69, 9.17) is 17.3 Å². The summed E-state index contributed by atoms with van der Waals surface area (Å²) in [6.07, 6.45) is 0. The number of nitrogens with zero attached hydrogens (tertiary/aromatic N) is 2. The third kappa shape index (κ3) is 4.09. The molecular weight excluding hydrogens is 366 g/mol. The Bertz CT molecular complexity index is 1010. The van der Waals surface area contributed by atoms with Gasteiger partial charge in [0.15, 0.2) is 0 Å². The summed E-state index contributed by atoms with van der Waals surface area (Å²) >= 11 is 6.18. The second-order valence-corrected chi connectivity index (χ2v) is 6.35. The Morgan fingerprint density at radius 3 is 2.22 bits per heavy atom. The van der Waals surface area contributed by atoms with E-state index in [2.05, 4.69) is 15.7 Å². The molecule has 0 atom stereocenters. The molecule has 0 spiro atoms. The van der Waals surface area contributed by atoms with Crippen molar-refractivity contribution in [2.45, 2.75) is 13.8 Å². The lowest BCUT2D eigenvalue weighted by atomic mass is 10.2. The van der Waals surface area contributed by atoms with E-state index in [-0.39, 0.29) is 5.91 Å². The Morgan fingerprint density at radius 1 is 1.04 bits per heavy atom. The van der Waals surface area contributed by atoms with Gasteiger partial charge in [-0.3, -0.25) is 4.79 Å². The smallest absolute Gasteiger partial charge is 0.316 e. The minimum absolute atomic E-state index is 0.274. The predicted molar refractivity (Wildman–Crippen MR) is 106 cm³/mol. The quantitative estimate of drug-likeness (QED) is 0.636. The molecule has 0 radical (unpaired) electrons. The van der Waals surface area contributed by atoms with Crippen LogP contribution in [0.4, 0.5) is 16.2 Å². The molecule has 0 aliphatic carbocycles. The van der Waals surface area contributed by atoms with Gasteiger partial charge in [-0.1, -0.05) is 17.7 Å². The highest BCUT2D eigenvalue weighted by Crippen LogP contribution is 2.23. The van der Waals surface area contributed by atoms with Crippen LogP contribution in [-0.4, -0.2) is 21.7 Å². The number of nitrogens with one attached hydrogen (secondary N) is 2. The molecule has 138 valence electrons. The summed E-state index contributed by atoms with van der Waals surface area (Å²) in [6.45, 7) is 3.73. The maximum atomic E-state index is 12.5. The summed E-state index contributed by atoms with van der Waals surface area (Å²) in [5.41, 5.74) is 9.02. The van der Waals surface area contributed by atoms with Crippen molar-refractivity contribution in [3.63, 3.8) is 0 Å². The first-order valence-electron chi connectivity index (χ1n) is 8.15. The minimum atomic E-state index is -0.668. The van der Waals surface area contributed by atoms with Gasteiger partial charge in [-0.2, -0.15) is 5.10 Å². The van der Waals surface area contributed by atoms with Crippen LogP contribution in [0.1, 0.15) is 21.7 Å². The number of aryl methyl sites for hydroxylation is 1. The fourth-order valence-electron chi connectivity index (χ4n) is 2.65. The lowest BCUT2D eigenvalue weighted by molar-refractivity contribution is 0.102. The van der Waals surface area contributed by atoms with Crippen LogP contribution in [0.25, 0.3) is 5.69 Å². The predicted octanol–water partition coefficient (Wildman–Crippen LogP) is 3.89. The number of hydrogen-bond acceptors (Lipinski definition) is 3. The number of primary amides is 1. The average molecular weight is 384 g/mol.